The van der Waals surface area contributed by atoms with Crippen molar-refractivity contribution in [2.45, 2.75) is 18.9 Å². The van der Waals surface area contributed by atoms with Crippen LogP contribution in [-0.2, 0) is 6.42 Å². The van der Waals surface area contributed by atoms with Crippen LogP contribution in [0.4, 0.5) is 5.69 Å². The van der Waals surface area contributed by atoms with E-state index in [0.29, 0.717) is 6.04 Å². The van der Waals surface area contributed by atoms with Gasteiger partial charge in [-0.1, -0.05) is 30.3 Å². The average Bonchev–Trinajstić information content (AvgIpc) is 3.18. The van der Waals surface area contributed by atoms with E-state index in [0.717, 1.165) is 24.2 Å². The number of fused-ring (bicyclic) bond motifs is 1. The lowest BCUT2D eigenvalue weighted by atomic mass is 10.1. The molecule has 1 aromatic heterocycles. The van der Waals surface area contributed by atoms with Crippen molar-refractivity contribution in [1.29, 1.82) is 0 Å². The van der Waals surface area contributed by atoms with Crippen molar-refractivity contribution < 1.29 is 0 Å². The lowest BCUT2D eigenvalue weighted by Crippen LogP contribution is -2.07. The SMILES string of the molecule is c1cc(NC2CCc3ccccc32)cc(-n2cnnn2)c1. The standard InChI is InChI=1S/C16H15N5/c1-2-7-15-12(4-1)8-9-16(15)18-13-5-3-6-14(10-13)21-11-17-19-20-21/h1-7,10-11,16,18H,8-9H2. The lowest BCUT2D eigenvalue weighted by Gasteiger charge is -2.16. The Kier molecular flexibility index (Phi) is 2.88. The normalized spacial score (nSPS) is 16.7. The molecule has 104 valence electrons. The summed E-state index contributed by atoms with van der Waals surface area (Å²) in [5.74, 6) is 0. The van der Waals surface area contributed by atoms with E-state index in [4.69, 9.17) is 0 Å². The van der Waals surface area contributed by atoms with Gasteiger partial charge in [-0.25, -0.2) is 4.68 Å². The van der Waals surface area contributed by atoms with Gasteiger partial charge in [0.2, 0.25) is 0 Å². The Morgan fingerprint density at radius 3 is 2.95 bits per heavy atom. The smallest absolute Gasteiger partial charge is 0.143 e. The van der Waals surface area contributed by atoms with Gasteiger partial charge in [0.1, 0.15) is 6.33 Å². The van der Waals surface area contributed by atoms with Crippen LogP contribution in [0.2, 0.25) is 0 Å². The van der Waals surface area contributed by atoms with Gasteiger partial charge in [0.05, 0.1) is 11.7 Å². The molecule has 1 atom stereocenters. The molecule has 1 N–H and O–H groups in total. The Bertz CT molecular complexity index is 751. The van der Waals surface area contributed by atoms with Crippen molar-refractivity contribution in [2.75, 3.05) is 5.32 Å². The molecule has 0 saturated carbocycles. The van der Waals surface area contributed by atoms with Crippen molar-refractivity contribution in [1.82, 2.24) is 20.2 Å². The zero-order chi connectivity index (χ0) is 14.1. The predicted octanol–water partition coefficient (Wildman–Crippen LogP) is 2.76. The first-order chi connectivity index (χ1) is 10.4. The summed E-state index contributed by atoms with van der Waals surface area (Å²) in [6, 6.07) is 17.2. The Labute approximate surface area is 122 Å². The third kappa shape index (κ3) is 2.27. The molecule has 5 heteroatoms. The summed E-state index contributed by atoms with van der Waals surface area (Å²) in [6.45, 7) is 0. The number of nitrogens with zero attached hydrogens (tertiary/aromatic N) is 4. The van der Waals surface area contributed by atoms with E-state index < -0.39 is 0 Å². The molecule has 2 aromatic carbocycles. The number of anilines is 1. The number of hydrogen-bond acceptors (Lipinski definition) is 4. The lowest BCUT2D eigenvalue weighted by molar-refractivity contribution is 0.760. The van der Waals surface area contributed by atoms with Gasteiger partial charge < -0.3 is 5.32 Å². The third-order valence-corrected chi connectivity index (χ3v) is 3.93. The molecule has 4 rings (SSSR count). The summed E-state index contributed by atoms with van der Waals surface area (Å²) in [5.41, 5.74) is 4.90. The van der Waals surface area contributed by atoms with Crippen LogP contribution in [0.1, 0.15) is 23.6 Å². The highest BCUT2D eigenvalue weighted by Gasteiger charge is 2.21. The van der Waals surface area contributed by atoms with Crippen LogP contribution < -0.4 is 5.32 Å². The molecule has 5 nitrogen and oxygen atoms in total. The number of nitrogens with one attached hydrogen (secondary N) is 1. The summed E-state index contributed by atoms with van der Waals surface area (Å²) in [4.78, 5) is 0. The molecule has 21 heavy (non-hydrogen) atoms. The van der Waals surface area contributed by atoms with Crippen molar-refractivity contribution >= 4 is 5.69 Å². The number of rotatable bonds is 3. The van der Waals surface area contributed by atoms with E-state index in [1.807, 2.05) is 12.1 Å². The van der Waals surface area contributed by atoms with Crippen LogP contribution in [0.5, 0.6) is 0 Å². The molecular formula is C16H15N5. The largest absolute Gasteiger partial charge is 0.378 e. The van der Waals surface area contributed by atoms with Gasteiger partial charge in [-0.05, 0) is 52.6 Å². The second-order valence-corrected chi connectivity index (χ2v) is 5.24. The number of hydrogen-bond donors (Lipinski definition) is 1. The maximum Gasteiger partial charge on any atom is 0.143 e. The summed E-state index contributed by atoms with van der Waals surface area (Å²) in [6.07, 6.45) is 3.87. The molecule has 0 amide bonds. The molecule has 1 heterocycles. The minimum Gasteiger partial charge on any atom is -0.378 e. The van der Waals surface area contributed by atoms with E-state index in [9.17, 15) is 0 Å². The van der Waals surface area contributed by atoms with Gasteiger partial charge in [0.25, 0.3) is 0 Å². The van der Waals surface area contributed by atoms with Gasteiger partial charge in [0.15, 0.2) is 0 Å². The molecule has 0 aliphatic heterocycles. The summed E-state index contributed by atoms with van der Waals surface area (Å²) < 4.78 is 1.66. The average molecular weight is 277 g/mol. The Morgan fingerprint density at radius 1 is 1.10 bits per heavy atom. The predicted molar refractivity (Wildman–Crippen MR) is 80.3 cm³/mol. The number of tetrazole rings is 1. The maximum absolute atomic E-state index is 3.92. The molecule has 0 bridgehead atoms. The van der Waals surface area contributed by atoms with Crippen LogP contribution in [0.15, 0.2) is 54.9 Å². The second kappa shape index (κ2) is 5.01. The van der Waals surface area contributed by atoms with Gasteiger partial charge in [0, 0.05) is 5.69 Å². The van der Waals surface area contributed by atoms with Crippen LogP contribution in [0, 0.1) is 0 Å². The highest BCUT2D eigenvalue weighted by molar-refractivity contribution is 5.53. The highest BCUT2D eigenvalue weighted by Crippen LogP contribution is 2.33. The molecule has 1 aliphatic carbocycles. The molecule has 1 aliphatic rings. The van der Waals surface area contributed by atoms with Crippen LogP contribution >= 0.6 is 0 Å². The fourth-order valence-corrected chi connectivity index (χ4v) is 2.93. The Balaban J connectivity index is 1.60. The van der Waals surface area contributed by atoms with E-state index in [-0.39, 0.29) is 0 Å². The monoisotopic (exact) mass is 277 g/mol. The zero-order valence-corrected chi connectivity index (χ0v) is 11.5. The van der Waals surface area contributed by atoms with E-state index in [2.05, 4.69) is 57.2 Å². The van der Waals surface area contributed by atoms with Gasteiger partial charge in [-0.2, -0.15) is 0 Å². The van der Waals surface area contributed by atoms with E-state index >= 15 is 0 Å². The Morgan fingerprint density at radius 2 is 2.05 bits per heavy atom. The first-order valence-corrected chi connectivity index (χ1v) is 7.08. The second-order valence-electron chi connectivity index (χ2n) is 5.24. The topological polar surface area (TPSA) is 55.6 Å². The molecule has 0 saturated heterocycles. The highest BCUT2D eigenvalue weighted by atomic mass is 15.5. The fourth-order valence-electron chi connectivity index (χ4n) is 2.93. The van der Waals surface area contributed by atoms with Gasteiger partial charge in [-0.15, -0.1) is 5.10 Å². The molecule has 0 radical (unpaired) electrons. The minimum absolute atomic E-state index is 0.380. The van der Waals surface area contributed by atoms with Gasteiger partial charge in [-0.3, -0.25) is 0 Å². The molecule has 0 fully saturated rings. The minimum atomic E-state index is 0.380. The summed E-state index contributed by atoms with van der Waals surface area (Å²) in [7, 11) is 0. The molecular weight excluding hydrogens is 262 g/mol. The summed E-state index contributed by atoms with van der Waals surface area (Å²) in [5, 5.41) is 14.9. The van der Waals surface area contributed by atoms with Gasteiger partial charge >= 0.3 is 0 Å². The quantitative estimate of drug-likeness (QED) is 0.799. The van der Waals surface area contributed by atoms with Crippen molar-refractivity contribution in [3.05, 3.63) is 66.0 Å². The first-order valence-electron chi connectivity index (χ1n) is 7.08. The van der Waals surface area contributed by atoms with Crippen molar-refractivity contribution in [3.63, 3.8) is 0 Å². The number of aromatic nitrogens is 4. The van der Waals surface area contributed by atoms with Crippen molar-refractivity contribution in [2.24, 2.45) is 0 Å². The maximum atomic E-state index is 3.92. The first kappa shape index (κ1) is 12.1. The third-order valence-electron chi connectivity index (χ3n) is 3.93. The van der Waals surface area contributed by atoms with Crippen LogP contribution in [-0.4, -0.2) is 20.2 Å². The van der Waals surface area contributed by atoms with Crippen LogP contribution in [0.3, 0.4) is 0 Å². The summed E-state index contributed by atoms with van der Waals surface area (Å²) >= 11 is 0. The number of aryl methyl sites for hydroxylation is 1. The number of benzene rings is 2. The fraction of sp³-hybridized carbons (Fsp3) is 0.188. The van der Waals surface area contributed by atoms with E-state index in [1.54, 1.807) is 11.0 Å². The molecule has 1 unspecified atom stereocenters. The zero-order valence-electron chi connectivity index (χ0n) is 11.5. The van der Waals surface area contributed by atoms with E-state index in [1.165, 1.54) is 11.1 Å². The Hall–Kier alpha value is -2.69. The van der Waals surface area contributed by atoms with Crippen LogP contribution in [0.25, 0.3) is 5.69 Å². The van der Waals surface area contributed by atoms with Crippen molar-refractivity contribution in [3.8, 4) is 5.69 Å². The molecule has 0 spiro atoms. The molecule has 3 aromatic rings.